The Kier molecular flexibility index (Phi) is 13.4. The van der Waals surface area contributed by atoms with Crippen LogP contribution in [0.1, 0.15) is 157 Å². The number of nitrogens with zero attached hydrogens (tertiary/aromatic N) is 4. The minimum atomic E-state index is -4.68. The number of nitro groups is 1. The summed E-state index contributed by atoms with van der Waals surface area (Å²) in [6, 6.07) is 21.1. The number of rotatable bonds is 13. The molecular weight excluding hydrogens is 943 g/mol. The lowest BCUT2D eigenvalue weighted by Crippen LogP contribution is -2.54. The van der Waals surface area contributed by atoms with E-state index in [2.05, 4.69) is 76.8 Å². The van der Waals surface area contributed by atoms with Crippen LogP contribution in [-0.4, -0.2) is 78.5 Å². The predicted molar refractivity (Wildman–Crippen MR) is 283 cm³/mol. The molecular formula is C57H71N7O8S. The van der Waals surface area contributed by atoms with Crippen molar-refractivity contribution in [2.75, 3.05) is 36.5 Å². The number of carbonyl (C=O) groups is 1. The molecule has 0 bridgehead atoms. The summed E-state index contributed by atoms with van der Waals surface area (Å²) < 4.78 is 50.1. The number of ether oxygens (including phenoxy) is 3. The second kappa shape index (κ2) is 19.8. The number of anilines is 2. The summed E-state index contributed by atoms with van der Waals surface area (Å²) in [7, 11) is -4.68. The summed E-state index contributed by atoms with van der Waals surface area (Å²) in [5.41, 5.74) is 4.63. The molecule has 5 heterocycles. The summed E-state index contributed by atoms with van der Waals surface area (Å²) in [6.45, 7) is 12.1. The van der Waals surface area contributed by atoms with Crippen LogP contribution in [0.15, 0.2) is 77.8 Å². The summed E-state index contributed by atoms with van der Waals surface area (Å²) >= 11 is 0. The molecule has 3 N–H and O–H groups in total. The third-order valence-electron chi connectivity index (χ3n) is 17.5. The zero-order chi connectivity index (χ0) is 50.6. The van der Waals surface area contributed by atoms with Crippen LogP contribution in [0.2, 0.25) is 0 Å². The Balaban J connectivity index is 0.845. The van der Waals surface area contributed by atoms with Crippen molar-refractivity contribution in [3.8, 4) is 23.1 Å². The van der Waals surface area contributed by atoms with E-state index in [1.54, 1.807) is 12.3 Å². The van der Waals surface area contributed by atoms with E-state index >= 15 is 0 Å². The number of hydrogen-bond donors (Lipinski definition) is 3. The van der Waals surface area contributed by atoms with Crippen molar-refractivity contribution < 1.29 is 32.3 Å². The molecule has 3 aliphatic heterocycles. The van der Waals surface area contributed by atoms with Gasteiger partial charge in [-0.1, -0.05) is 58.4 Å². The summed E-state index contributed by atoms with van der Waals surface area (Å²) in [5, 5.41) is 16.7. The van der Waals surface area contributed by atoms with Gasteiger partial charge in [0.25, 0.3) is 27.5 Å². The zero-order valence-electron chi connectivity index (χ0n) is 42.8. The Morgan fingerprint density at radius 3 is 2.42 bits per heavy atom. The maximum absolute atomic E-state index is 14.5. The van der Waals surface area contributed by atoms with Crippen molar-refractivity contribution in [2.24, 2.45) is 16.7 Å². The molecule has 1 spiro atoms. The number of sulfonamides is 1. The predicted octanol–water partition coefficient (Wildman–Crippen LogP) is 12.2. The average Bonchev–Trinajstić information content (AvgIpc) is 4.05. The first-order valence-corrected chi connectivity index (χ1v) is 28.4. The maximum Gasteiger partial charge on any atom is 0.297 e. The van der Waals surface area contributed by atoms with E-state index in [1.165, 1.54) is 42.9 Å². The number of amides is 1. The van der Waals surface area contributed by atoms with Crippen LogP contribution in [0.25, 0.3) is 11.0 Å². The van der Waals surface area contributed by atoms with Gasteiger partial charge < -0.3 is 29.4 Å². The van der Waals surface area contributed by atoms with Crippen molar-refractivity contribution in [2.45, 2.75) is 159 Å². The van der Waals surface area contributed by atoms with E-state index in [-0.39, 0.29) is 64.1 Å². The molecule has 2 aromatic heterocycles. The first-order valence-electron chi connectivity index (χ1n) is 27.0. The molecule has 1 amide bonds. The fourth-order valence-electron chi connectivity index (χ4n) is 13.1. The van der Waals surface area contributed by atoms with E-state index in [9.17, 15) is 23.3 Å². The molecule has 388 valence electrons. The minimum Gasteiger partial charge on any atom is -0.489 e. The zero-order valence-corrected chi connectivity index (χ0v) is 43.6. The van der Waals surface area contributed by atoms with Crippen molar-refractivity contribution in [1.82, 2.24) is 19.6 Å². The minimum absolute atomic E-state index is 0.0384. The number of aromatic nitrogens is 2. The number of piperidine rings is 1. The van der Waals surface area contributed by atoms with Gasteiger partial charge in [0.05, 0.1) is 21.4 Å². The molecule has 2 saturated heterocycles. The van der Waals surface area contributed by atoms with Gasteiger partial charge in [0.1, 0.15) is 24.1 Å². The lowest BCUT2D eigenvalue weighted by atomic mass is 9.59. The summed E-state index contributed by atoms with van der Waals surface area (Å²) in [4.78, 5) is 39.1. The van der Waals surface area contributed by atoms with Gasteiger partial charge in [0, 0.05) is 60.6 Å². The van der Waals surface area contributed by atoms with Crippen LogP contribution in [0.4, 0.5) is 17.1 Å². The fraction of sp³-hybridized carbons (Fsp3) is 0.544. The highest BCUT2D eigenvalue weighted by atomic mass is 32.2. The molecule has 0 radical (unpaired) electrons. The number of aromatic amines is 1. The molecule has 16 heteroatoms. The van der Waals surface area contributed by atoms with Crippen molar-refractivity contribution in [1.29, 1.82) is 0 Å². The molecule has 3 aliphatic carbocycles. The smallest absolute Gasteiger partial charge is 0.297 e. The van der Waals surface area contributed by atoms with Crippen LogP contribution in [0, 0.1) is 26.9 Å². The monoisotopic (exact) mass is 1010 g/mol. The lowest BCUT2D eigenvalue weighted by molar-refractivity contribution is -0.384. The second-order valence-electron chi connectivity index (χ2n) is 23.2. The first kappa shape index (κ1) is 49.3. The normalized spacial score (nSPS) is 22.6. The van der Waals surface area contributed by atoms with Gasteiger partial charge >= 0.3 is 0 Å². The van der Waals surface area contributed by atoms with E-state index in [1.807, 2.05) is 24.3 Å². The van der Waals surface area contributed by atoms with Gasteiger partial charge in [0.2, 0.25) is 0 Å². The summed E-state index contributed by atoms with van der Waals surface area (Å²) in [6.07, 6.45) is 17.6. The van der Waals surface area contributed by atoms with Crippen molar-refractivity contribution in [3.05, 3.63) is 99.7 Å². The number of fused-ring (bicyclic) bond motifs is 2. The van der Waals surface area contributed by atoms with E-state index in [4.69, 9.17) is 19.2 Å². The third kappa shape index (κ3) is 10.1. The largest absolute Gasteiger partial charge is 0.489 e. The fourth-order valence-corrected chi connectivity index (χ4v) is 14.1. The Labute approximate surface area is 429 Å². The molecule has 5 fully saturated rings. The number of benzene rings is 3. The number of pyridine rings is 1. The highest BCUT2D eigenvalue weighted by molar-refractivity contribution is 7.90. The van der Waals surface area contributed by atoms with Crippen LogP contribution in [0.3, 0.4) is 0 Å². The number of carbonyl (C=O) groups excluding carboxylic acids is 1. The van der Waals surface area contributed by atoms with Gasteiger partial charge in [0.15, 0.2) is 17.2 Å². The van der Waals surface area contributed by atoms with E-state index < -0.39 is 31.4 Å². The summed E-state index contributed by atoms with van der Waals surface area (Å²) in [5.74, 6) is 0.546. The Morgan fingerprint density at radius 1 is 0.904 bits per heavy atom. The van der Waals surface area contributed by atoms with Crippen molar-refractivity contribution in [3.63, 3.8) is 0 Å². The lowest BCUT2D eigenvalue weighted by Gasteiger charge is -2.56. The van der Waals surface area contributed by atoms with E-state index in [0.29, 0.717) is 29.4 Å². The molecule has 11 rings (SSSR count). The first-order chi connectivity index (χ1) is 35.1. The van der Waals surface area contributed by atoms with E-state index in [0.717, 1.165) is 107 Å². The van der Waals surface area contributed by atoms with Crippen LogP contribution >= 0.6 is 0 Å². The van der Waals surface area contributed by atoms with Crippen LogP contribution in [0.5, 0.6) is 23.1 Å². The Hall–Kier alpha value is -5.87. The average molecular weight is 1010 g/mol. The topological polar surface area (TPSA) is 181 Å². The SMILES string of the molecule is CC(C)c1ccccc1[C@H]1CCCN1C1CC2(CCN(c3ccc(C(=O)NS(=O)(=O)c4cc5c(c([N+](=O)[O-])c4)N[C@@H](C4CCC(C)(C)CC4)CO5)c(Oc4cc5cc[nH]c5nc4OC4CCCCC4)c3)CC2)C1. The standard InChI is InChI=1S/C57H71N7O8S/c1-36(2)43-13-8-9-14-44(43)47-15-10-26-63(47)40-33-57(34-40)23-27-62(28-24-57)39-16-17-45(49(30-39)72-51-29-38-20-25-58-53(38)60-55(51)71-41-11-6-5-7-12-41)54(65)61-73(68,69)42-31-48(64(66)67)52-50(32-42)70-35-46(59-52)37-18-21-56(3,4)22-19-37/h8-9,13-14,16-17,20,25,29-32,36-37,40-41,46-47,59H,5-7,10-12,15,18-19,21-24,26-28,33-35H2,1-4H3,(H,58,60)(H,61,65)/t46-,47-/m1/s1. The molecule has 3 aromatic carbocycles. The number of H-pyrrole nitrogens is 1. The Bertz CT molecular complexity index is 2980. The van der Waals surface area contributed by atoms with Gasteiger partial charge in [-0.15, -0.1) is 0 Å². The number of nitrogens with one attached hydrogen (secondary N) is 3. The number of nitro benzene ring substituents is 1. The third-order valence-corrected chi connectivity index (χ3v) is 18.8. The van der Waals surface area contributed by atoms with Gasteiger partial charge in [-0.05, 0) is 154 Å². The molecule has 73 heavy (non-hydrogen) atoms. The second-order valence-corrected chi connectivity index (χ2v) is 24.8. The van der Waals surface area contributed by atoms with Crippen LogP contribution < -0.4 is 29.1 Å². The molecule has 5 aromatic rings. The van der Waals surface area contributed by atoms with Gasteiger partial charge in [-0.2, -0.15) is 4.98 Å². The highest BCUT2D eigenvalue weighted by Gasteiger charge is 2.50. The van der Waals surface area contributed by atoms with Crippen LogP contribution in [-0.2, 0) is 10.0 Å². The number of likely N-dealkylation sites (tertiary alicyclic amines) is 1. The van der Waals surface area contributed by atoms with Gasteiger partial charge in [-0.3, -0.25) is 19.8 Å². The molecule has 3 saturated carbocycles. The van der Waals surface area contributed by atoms with Gasteiger partial charge in [-0.25, -0.2) is 13.1 Å². The number of hydrogen-bond acceptors (Lipinski definition) is 12. The molecule has 15 nitrogen and oxygen atoms in total. The molecule has 6 aliphatic rings. The quantitative estimate of drug-likeness (QED) is 0.0751. The Morgan fingerprint density at radius 2 is 1.67 bits per heavy atom. The van der Waals surface area contributed by atoms with Crippen molar-refractivity contribution >= 4 is 44.0 Å². The molecule has 2 atom stereocenters. The maximum atomic E-state index is 14.5. The highest BCUT2D eigenvalue weighted by Crippen LogP contribution is 2.55. The molecule has 0 unspecified atom stereocenters.